The number of anilines is 2. The number of carbonyl (C=O) groups is 3. The van der Waals surface area contributed by atoms with E-state index in [4.69, 9.17) is 0 Å². The summed E-state index contributed by atoms with van der Waals surface area (Å²) in [5.41, 5.74) is 1.50. The Morgan fingerprint density at radius 3 is 2.16 bits per heavy atom. The summed E-state index contributed by atoms with van der Waals surface area (Å²) in [6, 6.07) is 11.7. The molecule has 31 heavy (non-hydrogen) atoms. The zero-order valence-corrected chi connectivity index (χ0v) is 17.5. The van der Waals surface area contributed by atoms with E-state index in [-0.39, 0.29) is 29.8 Å². The van der Waals surface area contributed by atoms with Crippen LogP contribution in [0.15, 0.2) is 48.5 Å². The van der Waals surface area contributed by atoms with Crippen LogP contribution in [0.4, 0.5) is 25.4 Å². The maximum absolute atomic E-state index is 13.0. The van der Waals surface area contributed by atoms with Gasteiger partial charge in [-0.1, -0.05) is 6.07 Å². The average molecular weight is 427 g/mol. The maximum atomic E-state index is 13.0. The quantitative estimate of drug-likeness (QED) is 0.699. The third-order valence-corrected chi connectivity index (χ3v) is 4.74. The number of carbonyl (C=O) groups excluding carboxylic acids is 3. The predicted octanol–water partition coefficient (Wildman–Crippen LogP) is 3.35. The van der Waals surface area contributed by atoms with Crippen molar-refractivity contribution in [3.63, 3.8) is 0 Å². The lowest BCUT2D eigenvalue weighted by molar-refractivity contribution is 0.0671. The lowest BCUT2D eigenvalue weighted by Gasteiger charge is -2.34. The van der Waals surface area contributed by atoms with Crippen molar-refractivity contribution in [2.75, 3.05) is 36.8 Å². The lowest BCUT2D eigenvalue weighted by Crippen LogP contribution is -2.51. The van der Waals surface area contributed by atoms with Crippen LogP contribution in [-0.4, -0.2) is 60.0 Å². The summed E-state index contributed by atoms with van der Waals surface area (Å²) in [6.45, 7) is 5.27. The van der Waals surface area contributed by atoms with Crippen molar-refractivity contribution in [2.45, 2.75) is 19.9 Å². The van der Waals surface area contributed by atoms with Crippen molar-refractivity contribution >= 4 is 29.3 Å². The zero-order chi connectivity index (χ0) is 22.4. The summed E-state index contributed by atoms with van der Waals surface area (Å²) in [5.74, 6) is -0.531. The van der Waals surface area contributed by atoms with Crippen molar-refractivity contribution < 1.29 is 18.8 Å². The molecule has 1 aliphatic rings. The van der Waals surface area contributed by atoms with Crippen LogP contribution in [0.5, 0.6) is 0 Å². The van der Waals surface area contributed by atoms with Gasteiger partial charge in [0.15, 0.2) is 0 Å². The summed E-state index contributed by atoms with van der Waals surface area (Å²) in [5, 5.41) is 8.17. The van der Waals surface area contributed by atoms with E-state index < -0.39 is 0 Å². The molecule has 0 aliphatic carbocycles. The highest BCUT2D eigenvalue weighted by Gasteiger charge is 2.25. The molecule has 0 unspecified atom stereocenters. The number of amides is 5. The second kappa shape index (κ2) is 9.92. The van der Waals surface area contributed by atoms with Gasteiger partial charge >= 0.3 is 12.1 Å². The smallest absolute Gasteiger partial charge is 0.321 e. The first kappa shape index (κ1) is 22.1. The van der Waals surface area contributed by atoms with Gasteiger partial charge in [0.05, 0.1) is 0 Å². The Kier molecular flexibility index (Phi) is 7.07. The van der Waals surface area contributed by atoms with Gasteiger partial charge in [-0.2, -0.15) is 0 Å². The predicted molar refractivity (Wildman–Crippen MR) is 117 cm³/mol. The standard InChI is InChI=1S/C22H26FN5O3/c1-15(2)24-21(30)25-19-5-3-4-16(14-19)20(29)27-10-12-28(13-11-27)22(31)26-18-8-6-17(23)7-9-18/h3-9,14-15H,10-13H2,1-2H3,(H,26,31)(H2,24,25,30). The average Bonchev–Trinajstić information content (AvgIpc) is 2.74. The molecule has 1 aliphatic heterocycles. The minimum atomic E-state index is -0.370. The van der Waals surface area contributed by atoms with Gasteiger partial charge in [0.1, 0.15) is 5.82 Å². The molecule has 0 spiro atoms. The van der Waals surface area contributed by atoms with Gasteiger partial charge in [0.25, 0.3) is 5.91 Å². The van der Waals surface area contributed by atoms with E-state index in [1.165, 1.54) is 24.3 Å². The Bertz CT molecular complexity index is 940. The van der Waals surface area contributed by atoms with Crippen LogP contribution in [0.2, 0.25) is 0 Å². The fourth-order valence-corrected chi connectivity index (χ4v) is 3.19. The largest absolute Gasteiger partial charge is 0.336 e. The van der Waals surface area contributed by atoms with E-state index in [0.29, 0.717) is 43.1 Å². The Morgan fingerprint density at radius 2 is 1.52 bits per heavy atom. The number of piperazine rings is 1. The number of hydrogen-bond donors (Lipinski definition) is 3. The third kappa shape index (κ3) is 6.18. The van der Waals surface area contributed by atoms with Crippen molar-refractivity contribution in [3.8, 4) is 0 Å². The molecule has 9 heteroatoms. The maximum Gasteiger partial charge on any atom is 0.321 e. The summed E-state index contributed by atoms with van der Waals surface area (Å²) in [7, 11) is 0. The fourth-order valence-electron chi connectivity index (χ4n) is 3.19. The molecule has 2 aromatic rings. The topological polar surface area (TPSA) is 93.8 Å². The van der Waals surface area contributed by atoms with Crippen LogP contribution in [0, 0.1) is 5.82 Å². The monoisotopic (exact) mass is 427 g/mol. The molecule has 0 bridgehead atoms. The number of benzene rings is 2. The van der Waals surface area contributed by atoms with Crippen LogP contribution in [0.25, 0.3) is 0 Å². The van der Waals surface area contributed by atoms with Crippen LogP contribution in [0.1, 0.15) is 24.2 Å². The van der Waals surface area contributed by atoms with E-state index in [0.717, 1.165) is 0 Å². The summed E-state index contributed by atoms with van der Waals surface area (Å²) >= 11 is 0. The van der Waals surface area contributed by atoms with E-state index >= 15 is 0 Å². The van der Waals surface area contributed by atoms with E-state index in [1.807, 2.05) is 13.8 Å². The molecule has 3 rings (SSSR count). The Labute approximate surface area is 180 Å². The van der Waals surface area contributed by atoms with Crippen molar-refractivity contribution in [1.82, 2.24) is 15.1 Å². The lowest BCUT2D eigenvalue weighted by atomic mass is 10.1. The van der Waals surface area contributed by atoms with Gasteiger partial charge < -0.3 is 25.8 Å². The summed E-state index contributed by atoms with van der Waals surface area (Å²) < 4.78 is 13.0. The van der Waals surface area contributed by atoms with E-state index in [2.05, 4.69) is 16.0 Å². The molecule has 1 heterocycles. The van der Waals surface area contributed by atoms with Gasteiger partial charge in [-0.3, -0.25) is 4.79 Å². The van der Waals surface area contributed by atoms with Gasteiger partial charge in [0.2, 0.25) is 0 Å². The minimum Gasteiger partial charge on any atom is -0.336 e. The molecule has 2 aromatic carbocycles. The molecule has 1 fully saturated rings. The van der Waals surface area contributed by atoms with Gasteiger partial charge in [0, 0.05) is 49.2 Å². The van der Waals surface area contributed by atoms with E-state index in [1.54, 1.807) is 34.1 Å². The first-order valence-electron chi connectivity index (χ1n) is 10.1. The molecule has 0 radical (unpaired) electrons. The van der Waals surface area contributed by atoms with Gasteiger partial charge in [-0.15, -0.1) is 0 Å². The number of halogens is 1. The number of hydrogen-bond acceptors (Lipinski definition) is 3. The zero-order valence-electron chi connectivity index (χ0n) is 17.5. The van der Waals surface area contributed by atoms with Crippen LogP contribution in [-0.2, 0) is 0 Å². The number of nitrogens with one attached hydrogen (secondary N) is 3. The number of urea groups is 2. The Balaban J connectivity index is 1.54. The molecular weight excluding hydrogens is 401 g/mol. The number of rotatable bonds is 4. The highest BCUT2D eigenvalue weighted by atomic mass is 19.1. The van der Waals surface area contributed by atoms with E-state index in [9.17, 15) is 18.8 Å². The van der Waals surface area contributed by atoms with Crippen LogP contribution < -0.4 is 16.0 Å². The normalized spacial score (nSPS) is 13.7. The third-order valence-electron chi connectivity index (χ3n) is 4.74. The van der Waals surface area contributed by atoms with Crippen LogP contribution >= 0.6 is 0 Å². The first-order valence-corrected chi connectivity index (χ1v) is 10.1. The molecule has 0 atom stereocenters. The second-order valence-corrected chi connectivity index (χ2v) is 7.55. The van der Waals surface area contributed by atoms with Crippen molar-refractivity contribution in [2.24, 2.45) is 0 Å². The first-order chi connectivity index (χ1) is 14.8. The molecule has 0 aromatic heterocycles. The van der Waals surface area contributed by atoms with Gasteiger partial charge in [-0.05, 0) is 56.3 Å². The molecule has 3 N–H and O–H groups in total. The molecule has 5 amide bonds. The summed E-state index contributed by atoms with van der Waals surface area (Å²) in [6.07, 6.45) is 0. The Morgan fingerprint density at radius 1 is 0.871 bits per heavy atom. The minimum absolute atomic E-state index is 0.00127. The highest BCUT2D eigenvalue weighted by molar-refractivity contribution is 5.97. The second-order valence-electron chi connectivity index (χ2n) is 7.55. The molecule has 0 saturated carbocycles. The summed E-state index contributed by atoms with van der Waals surface area (Å²) in [4.78, 5) is 40.4. The molecular formula is C22H26FN5O3. The molecule has 164 valence electrons. The number of nitrogens with zero attached hydrogens (tertiary/aromatic N) is 2. The fraction of sp³-hybridized carbons (Fsp3) is 0.318. The SMILES string of the molecule is CC(C)NC(=O)Nc1cccc(C(=O)N2CCN(C(=O)Nc3ccc(F)cc3)CC2)c1. The van der Waals surface area contributed by atoms with Gasteiger partial charge in [-0.25, -0.2) is 14.0 Å². The van der Waals surface area contributed by atoms with Crippen molar-refractivity contribution in [3.05, 3.63) is 59.9 Å². The molecule has 1 saturated heterocycles. The van der Waals surface area contributed by atoms with Crippen LogP contribution in [0.3, 0.4) is 0 Å². The van der Waals surface area contributed by atoms with Crippen molar-refractivity contribution in [1.29, 1.82) is 0 Å². The Hall–Kier alpha value is -3.62. The highest BCUT2D eigenvalue weighted by Crippen LogP contribution is 2.15. The molecule has 8 nitrogen and oxygen atoms in total.